The minimum atomic E-state index is -4.90. The Kier molecular flexibility index (Phi) is 13.0. The second-order valence-corrected chi connectivity index (χ2v) is 15.3. The molecule has 1 aliphatic heterocycles. The van der Waals surface area contributed by atoms with Crippen molar-refractivity contribution in [1.82, 2.24) is 19.3 Å². The van der Waals surface area contributed by atoms with Crippen LogP contribution < -0.4 is 15.1 Å². The third kappa shape index (κ3) is 9.76. The summed E-state index contributed by atoms with van der Waals surface area (Å²) in [7, 11) is -8.39. The normalized spacial score (nSPS) is 21.9. The molecule has 0 spiro atoms. The third-order valence-electron chi connectivity index (χ3n) is 7.72. The first-order valence-electron chi connectivity index (χ1n) is 16.0. The number of carbonyl (C=O) groups excluding carboxylic acids is 3. The summed E-state index contributed by atoms with van der Waals surface area (Å²) in [6, 6.07) is 11.3. The predicted molar refractivity (Wildman–Crippen MR) is 179 cm³/mol. The van der Waals surface area contributed by atoms with Crippen LogP contribution in [0.4, 0.5) is 0 Å². The number of nitriles is 1. The van der Waals surface area contributed by atoms with Gasteiger partial charge >= 0.3 is 33.5 Å². The van der Waals surface area contributed by atoms with E-state index in [9.17, 15) is 28.8 Å². The van der Waals surface area contributed by atoms with Crippen molar-refractivity contribution in [3.05, 3.63) is 60.0 Å². The number of phosphoric ester groups is 1. The first-order valence-corrected chi connectivity index (χ1v) is 19.1. The molecule has 1 fully saturated rings. The van der Waals surface area contributed by atoms with Crippen molar-refractivity contribution >= 4 is 39.0 Å². The van der Waals surface area contributed by atoms with E-state index < -0.39 is 88.6 Å². The van der Waals surface area contributed by atoms with E-state index in [1.807, 2.05) is 6.07 Å². The molecule has 1 aromatic carbocycles. The van der Waals surface area contributed by atoms with Gasteiger partial charge < -0.3 is 33.3 Å². The molecule has 1 saturated heterocycles. The molecule has 20 nitrogen and oxygen atoms in total. The van der Waals surface area contributed by atoms with Crippen LogP contribution in [0.5, 0.6) is 5.75 Å². The number of hydrogen-bond acceptors (Lipinski definition) is 15. The van der Waals surface area contributed by atoms with Gasteiger partial charge in [0.25, 0.3) is 0 Å². The van der Waals surface area contributed by atoms with Crippen molar-refractivity contribution in [3.63, 3.8) is 0 Å². The Morgan fingerprint density at radius 1 is 1.02 bits per heavy atom. The van der Waals surface area contributed by atoms with E-state index in [0.717, 1.165) is 18.0 Å². The van der Waals surface area contributed by atoms with Gasteiger partial charge in [-0.25, -0.2) is 13.6 Å². The van der Waals surface area contributed by atoms with Crippen molar-refractivity contribution < 1.29 is 65.8 Å². The Bertz CT molecular complexity index is 2010. The Morgan fingerprint density at radius 2 is 1.66 bits per heavy atom. The molecule has 0 unspecified atom stereocenters. The maximum atomic E-state index is 14.3. The second kappa shape index (κ2) is 16.7. The van der Waals surface area contributed by atoms with Crippen LogP contribution in [0.2, 0.25) is 0 Å². The molecule has 0 radical (unpaired) electrons. The summed E-state index contributed by atoms with van der Waals surface area (Å²) >= 11 is 0. The second-order valence-electron chi connectivity index (χ2n) is 12.4. The molecule has 22 heteroatoms. The van der Waals surface area contributed by atoms with Crippen molar-refractivity contribution in [2.75, 3.05) is 13.7 Å². The first kappa shape index (κ1) is 41.3. The number of para-hydroxylation sites is 1. The fourth-order valence-electron chi connectivity index (χ4n) is 4.95. The Balaban J connectivity index is 1.83. The highest BCUT2D eigenvalue weighted by atomic mass is 31.2. The number of aromatic nitrogens is 3. The molecule has 0 amide bonds. The number of hydrogen-bond donors (Lipinski definition) is 4. The Labute approximate surface area is 303 Å². The molecule has 53 heavy (non-hydrogen) atoms. The smallest absolute Gasteiger partial charge is 0.468 e. The van der Waals surface area contributed by atoms with Gasteiger partial charge in [0.05, 0.1) is 24.6 Å². The highest BCUT2D eigenvalue weighted by Crippen LogP contribution is 2.50. The average Bonchev–Trinajstić information content (AvgIpc) is 3.66. The molecule has 3 aromatic rings. The number of benzene rings is 1. The Hall–Kier alpha value is -4.44. The number of methoxy groups -OCH3 is 1. The lowest BCUT2D eigenvalue weighted by molar-refractivity contribution is -0.173. The molecule has 4 rings (SSSR count). The molecule has 288 valence electrons. The van der Waals surface area contributed by atoms with Crippen LogP contribution >= 0.6 is 15.6 Å². The highest BCUT2D eigenvalue weighted by Gasteiger charge is 2.62. The van der Waals surface area contributed by atoms with Crippen LogP contribution in [0.15, 0.2) is 48.8 Å². The van der Waals surface area contributed by atoms with E-state index in [1.54, 1.807) is 32.0 Å². The van der Waals surface area contributed by atoms with Gasteiger partial charge in [0.15, 0.2) is 17.7 Å². The molecular weight excluding hydrogens is 742 g/mol. The summed E-state index contributed by atoms with van der Waals surface area (Å²) in [4.78, 5) is 56.8. The number of nitrogens with zero attached hydrogens (tertiary/aromatic N) is 4. The van der Waals surface area contributed by atoms with Crippen molar-refractivity contribution in [1.29, 1.82) is 10.7 Å². The number of fused-ring (bicyclic) bond motifs is 1. The summed E-state index contributed by atoms with van der Waals surface area (Å²) in [5.74, 6) is -3.79. The number of carbonyl (C=O) groups is 3. The largest absolute Gasteiger partial charge is 0.471 e. The van der Waals surface area contributed by atoms with Gasteiger partial charge in [-0.15, -0.1) is 0 Å². The summed E-state index contributed by atoms with van der Waals surface area (Å²) in [6.45, 7) is 5.82. The van der Waals surface area contributed by atoms with Gasteiger partial charge in [-0.2, -0.15) is 15.4 Å². The zero-order valence-corrected chi connectivity index (χ0v) is 31.3. The third-order valence-corrected chi connectivity index (χ3v) is 9.80. The highest BCUT2D eigenvalue weighted by molar-refractivity contribution is 7.52. The van der Waals surface area contributed by atoms with Crippen LogP contribution in [0.1, 0.15) is 46.4 Å². The zero-order chi connectivity index (χ0) is 39.3. The topological polar surface area (TPSA) is 272 Å². The van der Waals surface area contributed by atoms with E-state index in [0.29, 0.717) is 0 Å². The number of nitrogens with one attached hydrogen (secondary N) is 2. The van der Waals surface area contributed by atoms with Crippen LogP contribution in [0, 0.1) is 28.6 Å². The van der Waals surface area contributed by atoms with Crippen LogP contribution in [-0.2, 0) is 58.2 Å². The first-order chi connectivity index (χ1) is 24.8. The lowest BCUT2D eigenvalue weighted by atomic mass is 9.95. The summed E-state index contributed by atoms with van der Waals surface area (Å²) < 4.78 is 66.4. The molecule has 4 N–H and O–H groups in total. The van der Waals surface area contributed by atoms with Crippen LogP contribution in [-0.4, -0.2) is 79.4 Å². The SMILES string of the molecule is COC(=O)[C@H](C)N[P@](=O)(OC[C@@]1(C#N)O[C@@H](c2ccc3c(=N)n(COP(=O)(O)O)cnn23)[C@H](OC(=O)C(C)C)[C@@H]1OC(=O)C(C)C)Oc1ccccc1. The molecule has 0 saturated carbocycles. The van der Waals surface area contributed by atoms with Crippen molar-refractivity contribution in [2.24, 2.45) is 11.8 Å². The van der Waals surface area contributed by atoms with Gasteiger partial charge in [-0.1, -0.05) is 45.9 Å². The molecular formula is C31H40N6O14P2. The summed E-state index contributed by atoms with van der Waals surface area (Å²) in [5.41, 5.74) is -2.53. The van der Waals surface area contributed by atoms with E-state index in [2.05, 4.69) is 14.7 Å². The molecule has 0 aliphatic carbocycles. The fraction of sp³-hybridized carbons (Fsp3) is 0.484. The van der Waals surface area contributed by atoms with E-state index in [4.69, 9.17) is 43.2 Å². The molecule has 1 aliphatic rings. The van der Waals surface area contributed by atoms with E-state index in [-0.39, 0.29) is 22.4 Å². The number of phosphoric acid groups is 1. The number of esters is 3. The lowest BCUT2D eigenvalue weighted by Gasteiger charge is -2.31. The van der Waals surface area contributed by atoms with Gasteiger partial charge in [0.2, 0.25) is 5.60 Å². The molecule has 0 bridgehead atoms. The maximum Gasteiger partial charge on any atom is 0.471 e. The van der Waals surface area contributed by atoms with E-state index in [1.165, 1.54) is 49.6 Å². The predicted octanol–water partition coefficient (Wildman–Crippen LogP) is 2.51. The van der Waals surface area contributed by atoms with Gasteiger partial charge in [-0.3, -0.25) is 33.4 Å². The van der Waals surface area contributed by atoms with E-state index >= 15 is 0 Å². The van der Waals surface area contributed by atoms with Gasteiger partial charge in [0, 0.05) is 0 Å². The zero-order valence-electron chi connectivity index (χ0n) is 29.5. The number of ether oxygens (including phenoxy) is 4. The quantitative estimate of drug-likeness (QED) is 0.0923. The average molecular weight is 783 g/mol. The van der Waals surface area contributed by atoms with Crippen LogP contribution in [0.3, 0.4) is 0 Å². The minimum Gasteiger partial charge on any atom is -0.468 e. The Morgan fingerprint density at radius 3 is 2.25 bits per heavy atom. The minimum absolute atomic E-state index is 0.0588. The van der Waals surface area contributed by atoms with Crippen molar-refractivity contribution in [3.8, 4) is 11.8 Å². The molecule has 2 aromatic heterocycles. The maximum absolute atomic E-state index is 14.3. The molecule has 3 heterocycles. The summed E-state index contributed by atoms with van der Waals surface area (Å²) in [5, 5.41) is 26.1. The molecule has 6 atom stereocenters. The van der Waals surface area contributed by atoms with Gasteiger partial charge in [-0.05, 0) is 31.2 Å². The number of rotatable bonds is 16. The fourth-order valence-corrected chi connectivity index (χ4v) is 6.74. The summed E-state index contributed by atoms with van der Waals surface area (Å²) in [6.07, 6.45) is -3.71. The van der Waals surface area contributed by atoms with Crippen LogP contribution in [0.25, 0.3) is 5.52 Å². The lowest BCUT2D eigenvalue weighted by Crippen LogP contribution is -2.50. The van der Waals surface area contributed by atoms with Crippen molar-refractivity contribution in [2.45, 2.75) is 71.3 Å². The van der Waals surface area contributed by atoms with Gasteiger partial charge in [0.1, 0.15) is 49.1 Å². The standard InChI is InChI=1S/C31H40N6O14P2/c1-18(2)28(38)48-25-24(22-12-13-23-27(33)36(16-34-37(22)23)17-47-53(42,43)44)50-31(14-32,26(25)49-29(39)19(3)4)15-46-52(41,35-20(5)30(40)45-6)51-21-10-8-7-9-11-21/h7-13,16,18-20,24-26,33H,15,17H2,1-6H3,(H,35,41)(H2,42,43,44)/t20-,24-,25-,26-,31+,52-/m0/s1. The monoisotopic (exact) mass is 782 g/mol.